The van der Waals surface area contributed by atoms with Crippen molar-refractivity contribution < 1.29 is 12.8 Å². The molecular weight excluding hydrogens is 288 g/mol. The smallest absolute Gasteiger partial charge is 0.218 e. The van der Waals surface area contributed by atoms with Gasteiger partial charge in [0, 0.05) is 18.7 Å². The summed E-state index contributed by atoms with van der Waals surface area (Å²) in [5.41, 5.74) is 1.88. The minimum Gasteiger partial charge on any atom is -0.472 e. The molecule has 2 rings (SSSR count). The SMILES string of the molecule is CCN(Cc1ccoc1)S(=O)(=O)Cc1cccc(C#N)c1. The number of benzene rings is 1. The van der Waals surface area contributed by atoms with Gasteiger partial charge in [-0.15, -0.1) is 0 Å². The highest BCUT2D eigenvalue weighted by molar-refractivity contribution is 7.88. The molecule has 1 heterocycles. The predicted molar refractivity (Wildman–Crippen MR) is 78.6 cm³/mol. The fraction of sp³-hybridized carbons (Fsp3) is 0.267. The molecule has 0 amide bonds. The standard InChI is InChI=1S/C15H16N2O3S/c1-2-17(10-15-6-7-20-11-15)21(18,19)12-14-5-3-4-13(8-14)9-16/h3-8,11H,2,10,12H2,1H3. The van der Waals surface area contributed by atoms with Crippen molar-refractivity contribution in [1.82, 2.24) is 4.31 Å². The Morgan fingerprint density at radius 2 is 2.10 bits per heavy atom. The minimum atomic E-state index is -3.44. The Hall–Kier alpha value is -2.10. The molecule has 21 heavy (non-hydrogen) atoms. The van der Waals surface area contributed by atoms with E-state index in [0.717, 1.165) is 5.56 Å². The normalized spacial score (nSPS) is 11.5. The third kappa shape index (κ3) is 3.94. The average Bonchev–Trinajstić information content (AvgIpc) is 2.97. The van der Waals surface area contributed by atoms with E-state index in [1.165, 1.54) is 16.8 Å². The third-order valence-corrected chi connectivity index (χ3v) is 4.96. The lowest BCUT2D eigenvalue weighted by atomic mass is 10.2. The van der Waals surface area contributed by atoms with Gasteiger partial charge < -0.3 is 4.42 Å². The highest BCUT2D eigenvalue weighted by atomic mass is 32.2. The number of furan rings is 1. The Balaban J connectivity index is 2.17. The van der Waals surface area contributed by atoms with Gasteiger partial charge >= 0.3 is 0 Å². The van der Waals surface area contributed by atoms with Crippen LogP contribution in [0.25, 0.3) is 0 Å². The molecule has 0 aliphatic heterocycles. The molecule has 0 aliphatic carbocycles. The molecular formula is C15H16N2O3S. The van der Waals surface area contributed by atoms with Crippen LogP contribution in [-0.2, 0) is 22.3 Å². The summed E-state index contributed by atoms with van der Waals surface area (Å²) in [6.07, 6.45) is 3.06. The van der Waals surface area contributed by atoms with Crippen LogP contribution in [0.1, 0.15) is 23.6 Å². The number of hydrogen-bond acceptors (Lipinski definition) is 4. The molecule has 110 valence electrons. The highest BCUT2D eigenvalue weighted by Crippen LogP contribution is 2.15. The van der Waals surface area contributed by atoms with Gasteiger partial charge in [0.2, 0.25) is 10.0 Å². The summed E-state index contributed by atoms with van der Waals surface area (Å²) >= 11 is 0. The third-order valence-electron chi connectivity index (χ3n) is 3.09. The molecule has 0 atom stereocenters. The number of nitrogens with zero attached hydrogens (tertiary/aromatic N) is 2. The number of nitriles is 1. The molecule has 5 nitrogen and oxygen atoms in total. The Kier molecular flexibility index (Phi) is 4.78. The van der Waals surface area contributed by atoms with Crippen molar-refractivity contribution >= 4 is 10.0 Å². The molecule has 0 radical (unpaired) electrons. The van der Waals surface area contributed by atoms with Crippen molar-refractivity contribution in [2.75, 3.05) is 6.54 Å². The quantitative estimate of drug-likeness (QED) is 0.821. The van der Waals surface area contributed by atoms with Gasteiger partial charge in [0.15, 0.2) is 0 Å². The summed E-state index contributed by atoms with van der Waals surface area (Å²) in [6.45, 7) is 2.46. The first-order chi connectivity index (χ1) is 10.0. The van der Waals surface area contributed by atoms with Crippen LogP contribution in [0, 0.1) is 11.3 Å². The molecule has 1 aromatic carbocycles. The van der Waals surface area contributed by atoms with Gasteiger partial charge in [-0.05, 0) is 23.8 Å². The molecule has 0 fully saturated rings. The van der Waals surface area contributed by atoms with Gasteiger partial charge in [0.25, 0.3) is 0 Å². The van der Waals surface area contributed by atoms with Gasteiger partial charge in [0.1, 0.15) is 0 Å². The maximum Gasteiger partial charge on any atom is 0.218 e. The topological polar surface area (TPSA) is 74.3 Å². The van der Waals surface area contributed by atoms with E-state index in [1.807, 2.05) is 6.07 Å². The van der Waals surface area contributed by atoms with Gasteiger partial charge in [-0.3, -0.25) is 0 Å². The molecule has 6 heteroatoms. The summed E-state index contributed by atoms with van der Waals surface area (Å²) in [4.78, 5) is 0. The summed E-state index contributed by atoms with van der Waals surface area (Å²) in [5.74, 6) is -0.117. The van der Waals surface area contributed by atoms with Crippen molar-refractivity contribution in [3.8, 4) is 6.07 Å². The lowest BCUT2D eigenvalue weighted by Gasteiger charge is -2.19. The highest BCUT2D eigenvalue weighted by Gasteiger charge is 2.21. The molecule has 0 unspecified atom stereocenters. The lowest BCUT2D eigenvalue weighted by Crippen LogP contribution is -2.31. The molecule has 0 spiro atoms. The van der Waals surface area contributed by atoms with E-state index in [0.29, 0.717) is 17.7 Å². The largest absolute Gasteiger partial charge is 0.472 e. The second-order valence-electron chi connectivity index (χ2n) is 4.63. The van der Waals surface area contributed by atoms with Crippen molar-refractivity contribution in [2.45, 2.75) is 19.2 Å². The maximum absolute atomic E-state index is 12.5. The first-order valence-corrected chi connectivity index (χ1v) is 8.14. The van der Waals surface area contributed by atoms with Crippen molar-refractivity contribution in [1.29, 1.82) is 5.26 Å². The number of sulfonamides is 1. The van der Waals surface area contributed by atoms with E-state index >= 15 is 0 Å². The lowest BCUT2D eigenvalue weighted by molar-refractivity contribution is 0.420. The number of rotatable bonds is 6. The first-order valence-electron chi connectivity index (χ1n) is 6.53. The van der Waals surface area contributed by atoms with Crippen LogP contribution in [0.5, 0.6) is 0 Å². The predicted octanol–water partition coefficient (Wildman–Crippen LogP) is 2.50. The zero-order valence-electron chi connectivity index (χ0n) is 11.7. The van der Waals surface area contributed by atoms with Crippen molar-refractivity contribution in [2.24, 2.45) is 0 Å². The van der Waals surface area contributed by atoms with Crippen LogP contribution in [0.3, 0.4) is 0 Å². The van der Waals surface area contributed by atoms with E-state index in [2.05, 4.69) is 0 Å². The van der Waals surface area contributed by atoms with Crippen molar-refractivity contribution in [3.05, 3.63) is 59.5 Å². The molecule has 0 saturated heterocycles. The summed E-state index contributed by atoms with van der Waals surface area (Å²) in [7, 11) is -3.44. The van der Waals surface area contributed by atoms with E-state index < -0.39 is 10.0 Å². The fourth-order valence-electron chi connectivity index (χ4n) is 2.03. The van der Waals surface area contributed by atoms with E-state index in [9.17, 15) is 8.42 Å². The van der Waals surface area contributed by atoms with Gasteiger partial charge in [-0.2, -0.15) is 9.57 Å². The summed E-state index contributed by atoms with van der Waals surface area (Å²) < 4.78 is 31.3. The van der Waals surface area contributed by atoms with E-state index in [-0.39, 0.29) is 12.3 Å². The van der Waals surface area contributed by atoms with Crippen LogP contribution in [0.2, 0.25) is 0 Å². The summed E-state index contributed by atoms with van der Waals surface area (Å²) in [6, 6.07) is 10.4. The fourth-order valence-corrected chi connectivity index (χ4v) is 3.55. The van der Waals surface area contributed by atoms with Crippen LogP contribution in [0.4, 0.5) is 0 Å². The van der Waals surface area contributed by atoms with E-state index in [4.69, 9.17) is 9.68 Å². The molecule has 0 saturated carbocycles. The van der Waals surface area contributed by atoms with E-state index in [1.54, 1.807) is 37.3 Å². The molecule has 0 aliphatic rings. The Bertz CT molecular complexity index is 731. The number of hydrogen-bond donors (Lipinski definition) is 0. The van der Waals surface area contributed by atoms with Gasteiger partial charge in [-0.25, -0.2) is 8.42 Å². The second kappa shape index (κ2) is 6.57. The van der Waals surface area contributed by atoms with Gasteiger partial charge in [0.05, 0.1) is 29.9 Å². The molecule has 0 bridgehead atoms. The van der Waals surface area contributed by atoms with Crippen molar-refractivity contribution in [3.63, 3.8) is 0 Å². The molecule has 0 N–H and O–H groups in total. The maximum atomic E-state index is 12.5. The van der Waals surface area contributed by atoms with Crippen LogP contribution in [0.15, 0.2) is 47.3 Å². The summed E-state index contributed by atoms with van der Waals surface area (Å²) in [5, 5.41) is 8.87. The molecule has 1 aromatic heterocycles. The Morgan fingerprint density at radius 1 is 1.29 bits per heavy atom. The molecule has 2 aromatic rings. The first kappa shape index (κ1) is 15.3. The Morgan fingerprint density at radius 3 is 2.71 bits per heavy atom. The average molecular weight is 304 g/mol. The zero-order chi connectivity index (χ0) is 15.3. The minimum absolute atomic E-state index is 0.117. The second-order valence-corrected chi connectivity index (χ2v) is 6.60. The van der Waals surface area contributed by atoms with Crippen LogP contribution < -0.4 is 0 Å². The van der Waals surface area contributed by atoms with Gasteiger partial charge in [-0.1, -0.05) is 19.1 Å². The zero-order valence-corrected chi connectivity index (χ0v) is 12.5. The van der Waals surface area contributed by atoms with Crippen LogP contribution in [-0.4, -0.2) is 19.3 Å². The van der Waals surface area contributed by atoms with Crippen LogP contribution >= 0.6 is 0 Å². The Labute approximate surface area is 124 Å². The monoisotopic (exact) mass is 304 g/mol.